The van der Waals surface area contributed by atoms with Crippen LogP contribution in [-0.2, 0) is 14.8 Å². The summed E-state index contributed by atoms with van der Waals surface area (Å²) in [7, 11) is -4.00. The quantitative estimate of drug-likeness (QED) is 0.420. The van der Waals surface area contributed by atoms with E-state index >= 15 is 0 Å². The number of carbonyl (C=O) groups excluding carboxylic acids is 1. The summed E-state index contributed by atoms with van der Waals surface area (Å²) in [6.45, 7) is 5.61. The molecule has 174 valence electrons. The molecule has 0 heterocycles. The Kier molecular flexibility index (Phi) is 8.16. The molecule has 3 aromatic carbocycles. The van der Waals surface area contributed by atoms with E-state index in [-0.39, 0.29) is 23.4 Å². The Morgan fingerprint density at radius 1 is 0.970 bits per heavy atom. The Morgan fingerprint density at radius 3 is 2.18 bits per heavy atom. The van der Waals surface area contributed by atoms with Crippen LogP contribution in [0.1, 0.15) is 37.4 Å². The third kappa shape index (κ3) is 6.36. The van der Waals surface area contributed by atoms with Crippen molar-refractivity contribution in [3.05, 3.63) is 95.0 Å². The molecule has 33 heavy (non-hydrogen) atoms. The van der Waals surface area contributed by atoms with Crippen molar-refractivity contribution < 1.29 is 13.2 Å². The molecule has 0 aliphatic rings. The molecule has 0 spiro atoms. The number of rotatable bonds is 9. The molecule has 3 rings (SSSR count). The highest BCUT2D eigenvalue weighted by atomic mass is 35.5. The lowest BCUT2D eigenvalue weighted by Crippen LogP contribution is -2.42. The van der Waals surface area contributed by atoms with Crippen LogP contribution >= 0.6 is 11.6 Å². The van der Waals surface area contributed by atoms with E-state index in [0.717, 1.165) is 16.3 Å². The maximum Gasteiger partial charge on any atom is 0.264 e. The minimum absolute atomic E-state index is 0.110. The Bertz CT molecular complexity index is 1180. The van der Waals surface area contributed by atoms with Gasteiger partial charge in [-0.3, -0.25) is 9.10 Å². The Labute approximate surface area is 201 Å². The van der Waals surface area contributed by atoms with Crippen molar-refractivity contribution in [1.82, 2.24) is 5.32 Å². The van der Waals surface area contributed by atoms with E-state index in [1.54, 1.807) is 43.3 Å². The average Bonchev–Trinajstić information content (AvgIpc) is 2.79. The van der Waals surface area contributed by atoms with E-state index in [9.17, 15) is 13.2 Å². The fourth-order valence-electron chi connectivity index (χ4n) is 3.68. The minimum Gasteiger partial charge on any atom is -0.348 e. The molecule has 0 saturated heterocycles. The monoisotopic (exact) mass is 484 g/mol. The van der Waals surface area contributed by atoms with Crippen LogP contribution in [0.15, 0.2) is 83.8 Å². The van der Waals surface area contributed by atoms with Gasteiger partial charge in [-0.2, -0.15) is 0 Å². The van der Waals surface area contributed by atoms with E-state index in [1.807, 2.05) is 30.3 Å². The summed E-state index contributed by atoms with van der Waals surface area (Å²) in [5.74, 6) is -0.0433. The van der Waals surface area contributed by atoms with Gasteiger partial charge >= 0.3 is 0 Å². The number of carbonyl (C=O) groups is 1. The number of benzene rings is 3. The van der Waals surface area contributed by atoms with Crippen LogP contribution in [0, 0.1) is 12.8 Å². The van der Waals surface area contributed by atoms with Gasteiger partial charge in [0.15, 0.2) is 0 Å². The number of hydrogen-bond acceptors (Lipinski definition) is 3. The van der Waals surface area contributed by atoms with Gasteiger partial charge in [-0.05, 0) is 54.7 Å². The molecule has 7 heteroatoms. The first kappa shape index (κ1) is 24.8. The fraction of sp³-hybridized carbons (Fsp3) is 0.269. The lowest BCUT2D eigenvalue weighted by atomic mass is 9.97. The summed E-state index contributed by atoms with van der Waals surface area (Å²) < 4.78 is 28.3. The summed E-state index contributed by atoms with van der Waals surface area (Å²) in [6, 6.07) is 22.6. The first-order chi connectivity index (χ1) is 15.7. The zero-order valence-corrected chi connectivity index (χ0v) is 20.6. The topological polar surface area (TPSA) is 66.5 Å². The number of nitrogens with one attached hydrogen (secondary N) is 1. The lowest BCUT2D eigenvalue weighted by molar-refractivity contribution is -0.120. The van der Waals surface area contributed by atoms with Gasteiger partial charge in [0.05, 0.1) is 16.6 Å². The van der Waals surface area contributed by atoms with E-state index < -0.39 is 10.0 Å². The molecular weight excluding hydrogens is 456 g/mol. The molecule has 0 aliphatic carbocycles. The van der Waals surface area contributed by atoms with Crippen LogP contribution in [0.4, 0.5) is 5.69 Å². The predicted molar refractivity (Wildman–Crippen MR) is 134 cm³/mol. The molecule has 0 aliphatic heterocycles. The molecule has 0 fully saturated rings. The first-order valence-electron chi connectivity index (χ1n) is 10.9. The van der Waals surface area contributed by atoms with Gasteiger partial charge in [-0.1, -0.05) is 80.0 Å². The van der Waals surface area contributed by atoms with Crippen LogP contribution in [0.3, 0.4) is 0 Å². The van der Waals surface area contributed by atoms with E-state index in [0.29, 0.717) is 22.2 Å². The van der Waals surface area contributed by atoms with Crippen molar-refractivity contribution >= 4 is 33.2 Å². The second-order valence-corrected chi connectivity index (χ2v) is 10.7. The van der Waals surface area contributed by atoms with Gasteiger partial charge in [-0.25, -0.2) is 8.42 Å². The van der Waals surface area contributed by atoms with Crippen molar-refractivity contribution in [3.8, 4) is 0 Å². The number of hydrogen-bond donors (Lipinski definition) is 1. The third-order valence-corrected chi connectivity index (χ3v) is 7.31. The van der Waals surface area contributed by atoms with E-state index in [4.69, 9.17) is 11.6 Å². The smallest absolute Gasteiger partial charge is 0.264 e. The SMILES string of the molecule is Cc1ccc(Cl)cc1N(CC(=O)N[C@H](CC(C)C)c1ccccc1)S(=O)(=O)c1ccccc1. The molecule has 0 unspecified atom stereocenters. The molecule has 3 aromatic rings. The van der Waals surface area contributed by atoms with Gasteiger partial charge in [0.25, 0.3) is 10.0 Å². The van der Waals surface area contributed by atoms with Crippen LogP contribution in [0.2, 0.25) is 5.02 Å². The summed E-state index contributed by atoms with van der Waals surface area (Å²) in [5, 5.41) is 3.44. The van der Waals surface area contributed by atoms with Gasteiger partial charge < -0.3 is 5.32 Å². The molecule has 1 N–H and O–H groups in total. The van der Waals surface area contributed by atoms with E-state index in [1.165, 1.54) is 12.1 Å². The molecule has 1 amide bonds. The van der Waals surface area contributed by atoms with Crippen molar-refractivity contribution in [2.45, 2.75) is 38.1 Å². The van der Waals surface area contributed by atoms with Crippen molar-refractivity contribution in [1.29, 1.82) is 0 Å². The van der Waals surface area contributed by atoms with Crippen LogP contribution in [0.25, 0.3) is 0 Å². The molecule has 5 nitrogen and oxygen atoms in total. The number of nitrogens with zero attached hydrogens (tertiary/aromatic N) is 1. The third-order valence-electron chi connectivity index (χ3n) is 5.30. The number of halogens is 1. The summed E-state index contributed by atoms with van der Waals surface area (Å²) in [4.78, 5) is 13.3. The van der Waals surface area contributed by atoms with Gasteiger partial charge in [0, 0.05) is 5.02 Å². The number of sulfonamides is 1. The minimum atomic E-state index is -4.00. The average molecular weight is 485 g/mol. The first-order valence-corrected chi connectivity index (χ1v) is 12.7. The zero-order chi connectivity index (χ0) is 24.0. The fourth-order valence-corrected chi connectivity index (χ4v) is 5.34. The second kappa shape index (κ2) is 10.9. The van der Waals surface area contributed by atoms with E-state index in [2.05, 4.69) is 19.2 Å². The summed E-state index contributed by atoms with van der Waals surface area (Å²) >= 11 is 6.19. The Morgan fingerprint density at radius 2 is 1.58 bits per heavy atom. The largest absolute Gasteiger partial charge is 0.348 e. The summed E-state index contributed by atoms with van der Waals surface area (Å²) in [5.41, 5.74) is 2.06. The summed E-state index contributed by atoms with van der Waals surface area (Å²) in [6.07, 6.45) is 0.734. The van der Waals surface area contributed by atoms with Crippen LogP contribution in [-0.4, -0.2) is 20.9 Å². The zero-order valence-electron chi connectivity index (χ0n) is 19.0. The van der Waals surface area contributed by atoms with Crippen molar-refractivity contribution in [2.75, 3.05) is 10.8 Å². The molecule has 0 saturated carbocycles. The molecule has 1 atom stereocenters. The molecule has 0 aromatic heterocycles. The maximum absolute atomic E-state index is 13.6. The lowest BCUT2D eigenvalue weighted by Gasteiger charge is -2.27. The Hall–Kier alpha value is -2.83. The number of amides is 1. The number of aryl methyl sites for hydroxylation is 1. The number of anilines is 1. The predicted octanol–water partition coefficient (Wildman–Crippen LogP) is 5.75. The van der Waals surface area contributed by atoms with Gasteiger partial charge in [-0.15, -0.1) is 0 Å². The highest BCUT2D eigenvalue weighted by Crippen LogP contribution is 2.30. The molecular formula is C26H29ClN2O3S. The van der Waals surface area contributed by atoms with Crippen molar-refractivity contribution in [3.63, 3.8) is 0 Å². The van der Waals surface area contributed by atoms with Gasteiger partial charge in [0.1, 0.15) is 6.54 Å². The second-order valence-electron chi connectivity index (χ2n) is 8.42. The van der Waals surface area contributed by atoms with Crippen molar-refractivity contribution in [2.24, 2.45) is 5.92 Å². The maximum atomic E-state index is 13.6. The van der Waals surface area contributed by atoms with Gasteiger partial charge in [0.2, 0.25) is 5.91 Å². The normalized spacial score (nSPS) is 12.4. The standard InChI is InChI=1S/C26H29ClN2O3S/c1-19(2)16-24(21-10-6-4-7-11-21)28-26(30)18-29(25-17-22(27)15-14-20(25)3)33(31,32)23-12-8-5-9-13-23/h4-15,17,19,24H,16,18H2,1-3H3,(H,28,30)/t24-/m1/s1. The molecule has 0 radical (unpaired) electrons. The Balaban J connectivity index is 1.96. The highest BCUT2D eigenvalue weighted by Gasteiger charge is 2.29. The van der Waals surface area contributed by atoms with Crippen LogP contribution < -0.4 is 9.62 Å². The highest BCUT2D eigenvalue weighted by molar-refractivity contribution is 7.92. The molecule has 0 bridgehead atoms. The van der Waals surface area contributed by atoms with Crippen LogP contribution in [0.5, 0.6) is 0 Å².